The summed E-state index contributed by atoms with van der Waals surface area (Å²) >= 11 is 7.03. The monoisotopic (exact) mass is 497 g/mol. The molecule has 0 bridgehead atoms. The first kappa shape index (κ1) is 23.0. The van der Waals surface area contributed by atoms with Crippen LogP contribution < -0.4 is 0 Å². The van der Waals surface area contributed by atoms with E-state index < -0.39 is 15.8 Å². The maximum Gasteiger partial charge on any atom is 0.245 e. The lowest BCUT2D eigenvalue weighted by atomic mass is 10.2. The van der Waals surface area contributed by atoms with Crippen LogP contribution in [0.1, 0.15) is 5.56 Å². The van der Waals surface area contributed by atoms with E-state index >= 15 is 0 Å². The van der Waals surface area contributed by atoms with E-state index in [1.807, 2.05) is 4.90 Å². The van der Waals surface area contributed by atoms with Crippen molar-refractivity contribution in [2.24, 2.45) is 0 Å². The molecule has 170 valence electrons. The number of piperazine rings is 1. The van der Waals surface area contributed by atoms with Crippen LogP contribution in [-0.4, -0.2) is 76.9 Å². The van der Waals surface area contributed by atoms with Crippen molar-refractivity contribution >= 4 is 50.3 Å². The molecule has 0 radical (unpaired) electrons. The van der Waals surface area contributed by atoms with Gasteiger partial charge >= 0.3 is 0 Å². The first-order chi connectivity index (χ1) is 15.3. The number of amides is 1. The van der Waals surface area contributed by atoms with Gasteiger partial charge in [-0.05, 0) is 24.3 Å². The molecule has 1 aliphatic rings. The molecule has 0 unspecified atom stereocenters. The quantitative estimate of drug-likeness (QED) is 0.520. The Morgan fingerprint density at radius 3 is 2.59 bits per heavy atom. The topological polar surface area (TPSA) is 86.7 Å². The van der Waals surface area contributed by atoms with E-state index in [4.69, 9.17) is 11.6 Å². The molecule has 1 aromatic heterocycles. The Hall–Kier alpha value is -2.18. The average Bonchev–Trinajstić information content (AvgIpc) is 3.25. The molecule has 1 aliphatic heterocycles. The summed E-state index contributed by atoms with van der Waals surface area (Å²) in [7, 11) is -2.13. The van der Waals surface area contributed by atoms with Crippen molar-refractivity contribution in [1.29, 1.82) is 0 Å². The van der Waals surface area contributed by atoms with E-state index in [1.165, 1.54) is 27.4 Å². The minimum absolute atomic E-state index is 0.0599. The highest BCUT2D eigenvalue weighted by Gasteiger charge is 2.31. The molecule has 2 aromatic carbocycles. The molecular formula is C20H21ClFN5O3S2. The summed E-state index contributed by atoms with van der Waals surface area (Å²) in [4.78, 5) is 16.1. The van der Waals surface area contributed by atoms with E-state index in [0.29, 0.717) is 24.1 Å². The molecule has 8 nitrogen and oxygen atoms in total. The van der Waals surface area contributed by atoms with Crippen LogP contribution in [0, 0.1) is 5.82 Å². The van der Waals surface area contributed by atoms with Crippen molar-refractivity contribution in [1.82, 2.24) is 22.9 Å². The molecule has 0 N–H and O–H groups in total. The molecule has 0 aliphatic carbocycles. The van der Waals surface area contributed by atoms with Gasteiger partial charge < -0.3 is 4.90 Å². The number of carbonyl (C=O) groups is 1. The third-order valence-electron chi connectivity index (χ3n) is 5.44. The van der Waals surface area contributed by atoms with Crippen molar-refractivity contribution in [3.05, 3.63) is 52.8 Å². The summed E-state index contributed by atoms with van der Waals surface area (Å²) < 4.78 is 49.9. The molecular weight excluding hydrogens is 477 g/mol. The minimum Gasteiger partial charge on any atom is -0.340 e. The standard InChI is InChI=1S/C20H21ClFN5O3S2/c1-25(12-14-15(21)4-2-5-16(14)22)19(28)13-26-8-10-27(11-9-26)32(29,30)18-7-3-6-17-20(18)24-31-23-17/h2-7H,8-13H2,1H3. The molecule has 1 fully saturated rings. The summed E-state index contributed by atoms with van der Waals surface area (Å²) in [5.74, 6) is -0.653. The van der Waals surface area contributed by atoms with Gasteiger partial charge in [-0.15, -0.1) is 0 Å². The van der Waals surface area contributed by atoms with Crippen LogP contribution in [0.5, 0.6) is 0 Å². The third kappa shape index (κ3) is 4.62. The SMILES string of the molecule is CN(Cc1c(F)cccc1Cl)C(=O)CN1CCN(S(=O)(=O)c2cccc3nsnc23)CC1. The van der Waals surface area contributed by atoms with Crippen LogP contribution in [0.15, 0.2) is 41.3 Å². The minimum atomic E-state index is -3.72. The number of likely N-dealkylation sites (N-methyl/N-ethyl adjacent to an activating group) is 1. The van der Waals surface area contributed by atoms with Crippen LogP contribution in [0.25, 0.3) is 11.0 Å². The van der Waals surface area contributed by atoms with E-state index in [9.17, 15) is 17.6 Å². The highest BCUT2D eigenvalue weighted by Crippen LogP contribution is 2.25. The highest BCUT2D eigenvalue weighted by molar-refractivity contribution is 7.89. The normalized spacial score (nSPS) is 15.8. The van der Waals surface area contributed by atoms with E-state index in [0.717, 1.165) is 11.7 Å². The number of sulfonamides is 1. The van der Waals surface area contributed by atoms with Gasteiger partial charge in [0.15, 0.2) is 0 Å². The Morgan fingerprint density at radius 2 is 1.88 bits per heavy atom. The number of carbonyl (C=O) groups excluding carboxylic acids is 1. The molecule has 0 atom stereocenters. The van der Waals surface area contributed by atoms with Crippen LogP contribution in [0.2, 0.25) is 5.02 Å². The van der Waals surface area contributed by atoms with Crippen molar-refractivity contribution in [3.63, 3.8) is 0 Å². The van der Waals surface area contributed by atoms with Gasteiger partial charge in [-0.25, -0.2) is 12.8 Å². The molecule has 0 saturated carbocycles. The van der Waals surface area contributed by atoms with Gasteiger partial charge in [-0.1, -0.05) is 23.7 Å². The fourth-order valence-corrected chi connectivity index (χ4v) is 5.97. The summed E-state index contributed by atoms with van der Waals surface area (Å²) in [6, 6.07) is 9.33. The molecule has 32 heavy (non-hydrogen) atoms. The zero-order chi connectivity index (χ0) is 22.9. The Labute approximate surface area is 194 Å². The van der Waals surface area contributed by atoms with Gasteiger partial charge in [0.25, 0.3) is 0 Å². The first-order valence-electron chi connectivity index (χ1n) is 9.88. The second-order valence-corrected chi connectivity index (χ2v) is 10.4. The number of fused-ring (bicyclic) bond motifs is 1. The smallest absolute Gasteiger partial charge is 0.245 e. The lowest BCUT2D eigenvalue weighted by Crippen LogP contribution is -2.51. The average molecular weight is 498 g/mol. The molecule has 12 heteroatoms. The van der Waals surface area contributed by atoms with Gasteiger partial charge in [0.1, 0.15) is 21.7 Å². The fraction of sp³-hybridized carbons (Fsp3) is 0.350. The van der Waals surface area contributed by atoms with Crippen molar-refractivity contribution < 1.29 is 17.6 Å². The Kier molecular flexibility index (Phi) is 6.72. The predicted octanol–water partition coefficient (Wildman–Crippen LogP) is 2.45. The number of halogens is 2. The number of rotatable bonds is 6. The Balaban J connectivity index is 1.36. The number of benzene rings is 2. The van der Waals surface area contributed by atoms with Crippen LogP contribution >= 0.6 is 23.3 Å². The molecule has 2 heterocycles. The highest BCUT2D eigenvalue weighted by atomic mass is 35.5. The van der Waals surface area contributed by atoms with Crippen molar-refractivity contribution in [2.75, 3.05) is 39.8 Å². The van der Waals surface area contributed by atoms with Crippen LogP contribution in [0.3, 0.4) is 0 Å². The van der Waals surface area contributed by atoms with E-state index in [-0.39, 0.29) is 47.6 Å². The van der Waals surface area contributed by atoms with E-state index in [1.54, 1.807) is 25.2 Å². The van der Waals surface area contributed by atoms with Crippen LogP contribution in [0.4, 0.5) is 4.39 Å². The van der Waals surface area contributed by atoms with Gasteiger partial charge in [-0.3, -0.25) is 9.69 Å². The molecule has 3 aromatic rings. The molecule has 4 rings (SSSR count). The maximum absolute atomic E-state index is 14.0. The maximum atomic E-state index is 14.0. The second-order valence-electron chi connectivity index (χ2n) is 7.52. The third-order valence-corrected chi connectivity index (χ3v) is 8.27. The van der Waals surface area contributed by atoms with Gasteiger partial charge in [0.05, 0.1) is 18.3 Å². The summed E-state index contributed by atoms with van der Waals surface area (Å²) in [5, 5.41) is 0.272. The molecule has 1 saturated heterocycles. The molecule has 0 spiro atoms. The fourth-order valence-electron chi connectivity index (χ4n) is 3.58. The summed E-state index contributed by atoms with van der Waals surface area (Å²) in [5.41, 5.74) is 1.20. The Bertz CT molecular complexity index is 1220. The number of hydrogen-bond donors (Lipinski definition) is 0. The van der Waals surface area contributed by atoms with Crippen molar-refractivity contribution in [2.45, 2.75) is 11.4 Å². The molecule has 1 amide bonds. The zero-order valence-electron chi connectivity index (χ0n) is 17.2. The van der Waals surface area contributed by atoms with Crippen molar-refractivity contribution in [3.8, 4) is 0 Å². The summed E-state index contributed by atoms with van der Waals surface area (Å²) in [6.45, 7) is 1.50. The zero-order valence-corrected chi connectivity index (χ0v) is 19.6. The van der Waals surface area contributed by atoms with E-state index in [2.05, 4.69) is 8.75 Å². The number of aromatic nitrogens is 2. The first-order valence-corrected chi connectivity index (χ1v) is 12.4. The Morgan fingerprint density at radius 1 is 1.16 bits per heavy atom. The summed E-state index contributed by atoms with van der Waals surface area (Å²) in [6.07, 6.45) is 0. The number of nitrogens with zero attached hydrogens (tertiary/aromatic N) is 5. The largest absolute Gasteiger partial charge is 0.340 e. The predicted molar refractivity (Wildman–Crippen MR) is 120 cm³/mol. The van der Waals surface area contributed by atoms with Crippen LogP contribution in [-0.2, 0) is 21.4 Å². The van der Waals surface area contributed by atoms with Gasteiger partial charge in [0, 0.05) is 50.4 Å². The lowest BCUT2D eigenvalue weighted by molar-refractivity contribution is -0.131. The number of hydrogen-bond acceptors (Lipinski definition) is 7. The van der Waals surface area contributed by atoms with Gasteiger partial charge in [0.2, 0.25) is 15.9 Å². The second kappa shape index (κ2) is 9.36. The van der Waals surface area contributed by atoms with Gasteiger partial charge in [-0.2, -0.15) is 13.1 Å². The lowest BCUT2D eigenvalue weighted by Gasteiger charge is -2.34.